The van der Waals surface area contributed by atoms with E-state index in [4.69, 9.17) is 14.2 Å². The predicted molar refractivity (Wildman–Crippen MR) is 108 cm³/mol. The van der Waals surface area contributed by atoms with Crippen molar-refractivity contribution in [1.82, 2.24) is 0 Å². The van der Waals surface area contributed by atoms with E-state index in [1.165, 1.54) is 13.0 Å². The van der Waals surface area contributed by atoms with Crippen LogP contribution < -0.4 is 20.1 Å². The van der Waals surface area contributed by atoms with E-state index in [1.807, 2.05) is 13.8 Å². The number of esters is 1. The quantitative estimate of drug-likeness (QED) is 0.627. The van der Waals surface area contributed by atoms with E-state index < -0.39 is 18.5 Å². The molecule has 2 rings (SSSR count). The maximum atomic E-state index is 12.2. The fourth-order valence-electron chi connectivity index (χ4n) is 2.43. The van der Waals surface area contributed by atoms with Gasteiger partial charge in [-0.3, -0.25) is 9.59 Å². The normalized spacial score (nSPS) is 10.0. The zero-order valence-corrected chi connectivity index (χ0v) is 16.6. The third kappa shape index (κ3) is 6.84. The first-order chi connectivity index (χ1) is 13.9. The van der Waals surface area contributed by atoms with Crippen LogP contribution in [0.4, 0.5) is 11.4 Å². The van der Waals surface area contributed by atoms with E-state index in [0.29, 0.717) is 36.1 Å². The van der Waals surface area contributed by atoms with Crippen LogP contribution in [0.5, 0.6) is 11.5 Å². The minimum absolute atomic E-state index is 0.185. The van der Waals surface area contributed by atoms with Gasteiger partial charge in [0, 0.05) is 18.3 Å². The Morgan fingerprint density at radius 2 is 1.41 bits per heavy atom. The fourth-order valence-corrected chi connectivity index (χ4v) is 2.43. The van der Waals surface area contributed by atoms with Gasteiger partial charge < -0.3 is 24.8 Å². The number of carbonyl (C=O) groups excluding carboxylic acids is 3. The highest BCUT2D eigenvalue weighted by Crippen LogP contribution is 2.28. The first-order valence-electron chi connectivity index (χ1n) is 9.17. The lowest BCUT2D eigenvalue weighted by Gasteiger charge is -2.12. The summed E-state index contributed by atoms with van der Waals surface area (Å²) in [4.78, 5) is 35.3. The molecule has 0 saturated heterocycles. The second-order valence-corrected chi connectivity index (χ2v) is 5.91. The molecule has 0 aliphatic rings. The van der Waals surface area contributed by atoms with Crippen molar-refractivity contribution < 1.29 is 28.6 Å². The van der Waals surface area contributed by atoms with Crippen molar-refractivity contribution >= 4 is 29.2 Å². The van der Waals surface area contributed by atoms with Crippen molar-refractivity contribution in [2.45, 2.75) is 20.8 Å². The molecule has 0 spiro atoms. The summed E-state index contributed by atoms with van der Waals surface area (Å²) in [6.45, 7) is 5.53. The van der Waals surface area contributed by atoms with Crippen molar-refractivity contribution in [2.75, 3.05) is 30.5 Å². The first-order valence-corrected chi connectivity index (χ1v) is 9.17. The van der Waals surface area contributed by atoms with Gasteiger partial charge in [-0.05, 0) is 56.3 Å². The molecule has 0 radical (unpaired) electrons. The van der Waals surface area contributed by atoms with Crippen LogP contribution in [0.1, 0.15) is 31.1 Å². The first kappa shape index (κ1) is 21.7. The highest BCUT2D eigenvalue weighted by atomic mass is 16.5. The van der Waals surface area contributed by atoms with Gasteiger partial charge in [-0.25, -0.2) is 4.79 Å². The van der Waals surface area contributed by atoms with Crippen molar-refractivity contribution in [3.8, 4) is 11.5 Å². The average molecular weight is 400 g/mol. The lowest BCUT2D eigenvalue weighted by atomic mass is 10.2. The summed E-state index contributed by atoms with van der Waals surface area (Å²) in [7, 11) is 0. The molecule has 2 aromatic carbocycles. The van der Waals surface area contributed by atoms with E-state index in [-0.39, 0.29) is 11.5 Å². The van der Waals surface area contributed by atoms with Crippen LogP contribution in [0.2, 0.25) is 0 Å². The van der Waals surface area contributed by atoms with Gasteiger partial charge in [0.1, 0.15) is 0 Å². The Morgan fingerprint density at radius 1 is 0.828 bits per heavy atom. The zero-order valence-electron chi connectivity index (χ0n) is 16.6. The van der Waals surface area contributed by atoms with Gasteiger partial charge in [-0.15, -0.1) is 0 Å². The lowest BCUT2D eigenvalue weighted by Crippen LogP contribution is -2.21. The van der Waals surface area contributed by atoms with Gasteiger partial charge >= 0.3 is 5.97 Å². The van der Waals surface area contributed by atoms with Gasteiger partial charge in [-0.1, -0.05) is 0 Å². The number of carbonyl (C=O) groups is 3. The molecular formula is C21H24N2O6. The summed E-state index contributed by atoms with van der Waals surface area (Å²) in [5.74, 6) is -0.346. The average Bonchev–Trinajstić information content (AvgIpc) is 2.69. The Morgan fingerprint density at radius 3 is 2.00 bits per heavy atom. The standard InChI is InChI=1S/C21H24N2O6/c1-4-27-18-11-6-15(12-19(18)28-5-2)21(26)29-13-20(25)23-17-9-7-16(8-10-17)22-14(3)24/h6-12H,4-5,13H2,1-3H3,(H,22,24)(H,23,25). The molecule has 29 heavy (non-hydrogen) atoms. The van der Waals surface area contributed by atoms with Crippen LogP contribution in [-0.4, -0.2) is 37.6 Å². The molecule has 0 aliphatic heterocycles. The largest absolute Gasteiger partial charge is 0.490 e. The molecular weight excluding hydrogens is 376 g/mol. The second-order valence-electron chi connectivity index (χ2n) is 5.91. The van der Waals surface area contributed by atoms with Crippen LogP contribution in [0.25, 0.3) is 0 Å². The highest BCUT2D eigenvalue weighted by molar-refractivity contribution is 5.96. The molecule has 0 atom stereocenters. The number of ether oxygens (including phenoxy) is 3. The topological polar surface area (TPSA) is 103 Å². The number of anilines is 2. The van der Waals surface area contributed by atoms with Gasteiger partial charge in [0.05, 0.1) is 18.8 Å². The van der Waals surface area contributed by atoms with E-state index in [1.54, 1.807) is 36.4 Å². The molecule has 8 nitrogen and oxygen atoms in total. The number of rotatable bonds is 9. The predicted octanol–water partition coefficient (Wildman–Crippen LogP) is 3.24. The highest BCUT2D eigenvalue weighted by Gasteiger charge is 2.14. The number of amides is 2. The molecule has 0 bridgehead atoms. The van der Waals surface area contributed by atoms with Gasteiger partial charge in [0.2, 0.25) is 5.91 Å². The summed E-state index contributed by atoms with van der Waals surface area (Å²) in [6, 6.07) is 11.3. The Hall–Kier alpha value is -3.55. The molecule has 0 aromatic heterocycles. The summed E-state index contributed by atoms with van der Waals surface area (Å²) in [6.07, 6.45) is 0. The van der Waals surface area contributed by atoms with Crippen LogP contribution in [0, 0.1) is 0 Å². The maximum absolute atomic E-state index is 12.2. The Bertz CT molecular complexity index is 864. The number of hydrogen-bond acceptors (Lipinski definition) is 6. The molecule has 2 N–H and O–H groups in total. The summed E-state index contributed by atoms with van der Waals surface area (Å²) >= 11 is 0. The van der Waals surface area contributed by atoms with Crippen molar-refractivity contribution in [3.63, 3.8) is 0 Å². The van der Waals surface area contributed by atoms with Crippen LogP contribution >= 0.6 is 0 Å². The third-order valence-corrected chi connectivity index (χ3v) is 3.60. The molecule has 0 heterocycles. The van der Waals surface area contributed by atoms with Crippen LogP contribution in [0.15, 0.2) is 42.5 Å². The van der Waals surface area contributed by atoms with E-state index in [2.05, 4.69) is 10.6 Å². The third-order valence-electron chi connectivity index (χ3n) is 3.60. The zero-order chi connectivity index (χ0) is 21.2. The number of hydrogen-bond donors (Lipinski definition) is 2. The van der Waals surface area contributed by atoms with Crippen LogP contribution in [0.3, 0.4) is 0 Å². The Kier molecular flexibility index (Phi) is 8.02. The molecule has 2 amide bonds. The molecule has 154 valence electrons. The van der Waals surface area contributed by atoms with E-state index in [9.17, 15) is 14.4 Å². The fraction of sp³-hybridized carbons (Fsp3) is 0.286. The summed E-state index contributed by atoms with van der Waals surface area (Å²) in [5, 5.41) is 5.24. The molecule has 0 fully saturated rings. The van der Waals surface area contributed by atoms with Crippen molar-refractivity contribution in [1.29, 1.82) is 0 Å². The minimum atomic E-state index is -0.648. The summed E-state index contributed by atoms with van der Waals surface area (Å²) in [5.41, 5.74) is 1.38. The number of nitrogens with one attached hydrogen (secondary N) is 2. The second kappa shape index (κ2) is 10.7. The SMILES string of the molecule is CCOc1ccc(C(=O)OCC(=O)Nc2ccc(NC(C)=O)cc2)cc1OCC. The Balaban J connectivity index is 1.91. The molecule has 0 unspecified atom stereocenters. The Labute approximate surface area is 169 Å². The molecule has 2 aromatic rings. The van der Waals surface area contributed by atoms with Crippen LogP contribution in [-0.2, 0) is 14.3 Å². The van der Waals surface area contributed by atoms with Gasteiger partial charge in [0.25, 0.3) is 5.91 Å². The monoisotopic (exact) mass is 400 g/mol. The minimum Gasteiger partial charge on any atom is -0.490 e. The molecule has 0 saturated carbocycles. The maximum Gasteiger partial charge on any atom is 0.338 e. The number of benzene rings is 2. The van der Waals surface area contributed by atoms with Crippen molar-refractivity contribution in [2.24, 2.45) is 0 Å². The van der Waals surface area contributed by atoms with Crippen molar-refractivity contribution in [3.05, 3.63) is 48.0 Å². The lowest BCUT2D eigenvalue weighted by molar-refractivity contribution is -0.119. The summed E-state index contributed by atoms with van der Waals surface area (Å²) < 4.78 is 16.0. The van der Waals surface area contributed by atoms with Gasteiger partial charge in [-0.2, -0.15) is 0 Å². The van der Waals surface area contributed by atoms with E-state index >= 15 is 0 Å². The van der Waals surface area contributed by atoms with Gasteiger partial charge in [0.15, 0.2) is 18.1 Å². The molecule has 0 aliphatic carbocycles. The smallest absolute Gasteiger partial charge is 0.338 e. The van der Waals surface area contributed by atoms with E-state index in [0.717, 1.165) is 0 Å². The molecule has 8 heteroatoms.